The van der Waals surface area contributed by atoms with Gasteiger partial charge in [0, 0.05) is 48.0 Å². The van der Waals surface area contributed by atoms with Crippen molar-refractivity contribution in [3.63, 3.8) is 0 Å². The van der Waals surface area contributed by atoms with Crippen molar-refractivity contribution in [1.82, 2.24) is 4.57 Å². The van der Waals surface area contributed by atoms with Crippen LogP contribution in [0.1, 0.15) is 0 Å². The third-order valence-corrected chi connectivity index (χ3v) is 13.3. The Hall–Kier alpha value is -7.72. The highest BCUT2D eigenvalue weighted by atomic mass is 32.1. The van der Waals surface area contributed by atoms with E-state index < -0.39 is 0 Å². The molecule has 0 bridgehead atoms. The summed E-state index contributed by atoms with van der Waals surface area (Å²) in [4.78, 5) is 2.44. The van der Waals surface area contributed by atoms with Gasteiger partial charge in [-0.3, -0.25) is 0 Å². The van der Waals surface area contributed by atoms with Crippen LogP contribution in [-0.2, 0) is 0 Å². The molecule has 0 atom stereocenters. The summed E-state index contributed by atoms with van der Waals surface area (Å²) < 4.78 is 4.98. The van der Waals surface area contributed by atoms with Gasteiger partial charge in [0.25, 0.3) is 0 Å². The van der Waals surface area contributed by atoms with Gasteiger partial charge in [0.1, 0.15) is 0 Å². The number of nitrogens with zero attached hydrogens (tertiary/aromatic N) is 2. The molecular weight excluding hydrogens is 757 g/mol. The van der Waals surface area contributed by atoms with E-state index in [1.54, 1.807) is 0 Å². The van der Waals surface area contributed by atoms with Crippen LogP contribution in [-0.4, -0.2) is 4.57 Å². The van der Waals surface area contributed by atoms with Crippen LogP contribution in [0.5, 0.6) is 0 Å². The van der Waals surface area contributed by atoms with Gasteiger partial charge in [0.2, 0.25) is 0 Å². The Morgan fingerprint density at radius 2 is 0.869 bits per heavy atom. The normalized spacial score (nSPS) is 11.6. The largest absolute Gasteiger partial charge is 0.310 e. The first-order valence-electron chi connectivity index (χ1n) is 20.8. The number of hydrogen-bond donors (Lipinski definition) is 0. The zero-order valence-electron chi connectivity index (χ0n) is 33.2. The Bertz CT molecular complexity index is 3540. The van der Waals surface area contributed by atoms with E-state index in [4.69, 9.17) is 0 Å². The van der Waals surface area contributed by atoms with E-state index in [2.05, 4.69) is 240 Å². The molecule has 61 heavy (non-hydrogen) atoms. The van der Waals surface area contributed by atoms with Crippen LogP contribution in [0.15, 0.2) is 231 Å². The van der Waals surface area contributed by atoms with Gasteiger partial charge in [-0.1, -0.05) is 158 Å². The quantitative estimate of drug-likeness (QED) is 0.156. The van der Waals surface area contributed by atoms with Gasteiger partial charge in [-0.15, -0.1) is 11.3 Å². The van der Waals surface area contributed by atoms with Crippen LogP contribution < -0.4 is 4.90 Å². The van der Waals surface area contributed by atoms with E-state index >= 15 is 0 Å². The zero-order chi connectivity index (χ0) is 40.3. The summed E-state index contributed by atoms with van der Waals surface area (Å²) in [5.41, 5.74) is 14.1. The van der Waals surface area contributed by atoms with E-state index in [1.807, 2.05) is 11.3 Å². The zero-order valence-corrected chi connectivity index (χ0v) is 34.1. The Morgan fingerprint density at radius 1 is 0.328 bits per heavy atom. The lowest BCUT2D eigenvalue weighted by molar-refractivity contribution is 1.17. The van der Waals surface area contributed by atoms with Crippen LogP contribution in [0.2, 0.25) is 0 Å². The van der Waals surface area contributed by atoms with Gasteiger partial charge in [-0.25, -0.2) is 0 Å². The molecule has 0 saturated heterocycles. The first-order valence-corrected chi connectivity index (χ1v) is 21.6. The van der Waals surface area contributed by atoms with E-state index in [1.165, 1.54) is 86.1 Å². The van der Waals surface area contributed by atoms with Gasteiger partial charge in [0.15, 0.2) is 0 Å². The summed E-state index contributed by atoms with van der Waals surface area (Å²) in [7, 11) is 0. The summed E-state index contributed by atoms with van der Waals surface area (Å²) >= 11 is 1.86. The first kappa shape index (κ1) is 35.2. The number of rotatable bonds is 7. The van der Waals surface area contributed by atoms with E-state index in [0.717, 1.165) is 22.7 Å². The molecule has 2 aromatic heterocycles. The second-order valence-corrected chi connectivity index (χ2v) is 16.8. The summed E-state index contributed by atoms with van der Waals surface area (Å²) in [5, 5.41) is 7.59. The van der Waals surface area contributed by atoms with Crippen LogP contribution >= 0.6 is 11.3 Å². The minimum absolute atomic E-state index is 1.10. The molecule has 2 heterocycles. The maximum absolute atomic E-state index is 2.44. The van der Waals surface area contributed by atoms with Gasteiger partial charge < -0.3 is 9.47 Å². The average molecular weight is 795 g/mol. The monoisotopic (exact) mass is 794 g/mol. The van der Waals surface area contributed by atoms with Crippen molar-refractivity contribution >= 4 is 81.1 Å². The summed E-state index contributed by atoms with van der Waals surface area (Å²) in [6.45, 7) is 0. The van der Waals surface area contributed by atoms with Gasteiger partial charge in [0.05, 0.1) is 16.7 Å². The topological polar surface area (TPSA) is 8.17 Å². The Morgan fingerprint density at radius 3 is 1.62 bits per heavy atom. The molecule has 0 N–H and O–H groups in total. The highest BCUT2D eigenvalue weighted by Gasteiger charge is 2.20. The lowest BCUT2D eigenvalue weighted by Gasteiger charge is -2.27. The van der Waals surface area contributed by atoms with Crippen molar-refractivity contribution in [2.24, 2.45) is 0 Å². The van der Waals surface area contributed by atoms with Crippen molar-refractivity contribution in [2.75, 3.05) is 4.90 Å². The van der Waals surface area contributed by atoms with Crippen molar-refractivity contribution in [2.45, 2.75) is 0 Å². The SMILES string of the molecule is c1cc(-c2ccc(-c3ccc(N(c4cccc(-n5c6ccccc6c6ccccc65)c4)c4cccc5sc6ccccc6c45)cc3)cc2)cc(-c2ccc3ccccc3c2)c1. The maximum atomic E-state index is 2.44. The fraction of sp³-hybridized carbons (Fsp3) is 0. The second kappa shape index (κ2) is 14.5. The predicted octanol–water partition coefficient (Wildman–Crippen LogP) is 16.8. The third-order valence-electron chi connectivity index (χ3n) is 12.2. The van der Waals surface area contributed by atoms with Gasteiger partial charge in [-0.2, -0.15) is 0 Å². The maximum Gasteiger partial charge on any atom is 0.0554 e. The Labute approximate surface area is 358 Å². The minimum Gasteiger partial charge on any atom is -0.310 e. The molecule has 0 saturated carbocycles. The standard InChI is InChI=1S/C58H38N2S/c1-2-13-43-37-46(31-30-39(43)12-1)45-15-9-14-44(36-45)42-28-26-40(27-29-42)41-32-34-47(35-33-41)59(55-23-11-25-57-58(55)52-20-5-8-24-56(52)61-57)48-16-10-17-49(38-48)60-53-21-6-3-18-50(53)51-19-4-7-22-54(51)60/h1-38H. The molecule has 2 nitrogen and oxygen atoms in total. The molecule has 3 heteroatoms. The molecule has 0 spiro atoms. The second-order valence-electron chi connectivity index (χ2n) is 15.7. The lowest BCUT2D eigenvalue weighted by atomic mass is 9.96. The van der Waals surface area contributed by atoms with E-state index in [-0.39, 0.29) is 0 Å². The smallest absolute Gasteiger partial charge is 0.0554 e. The van der Waals surface area contributed by atoms with Crippen LogP contribution in [0.4, 0.5) is 17.1 Å². The summed E-state index contributed by atoms with van der Waals surface area (Å²) in [6.07, 6.45) is 0. The fourth-order valence-electron chi connectivity index (χ4n) is 9.25. The van der Waals surface area contributed by atoms with Crippen molar-refractivity contribution in [1.29, 1.82) is 0 Å². The summed E-state index contributed by atoms with van der Waals surface area (Å²) in [6, 6.07) is 84.2. The number of aromatic nitrogens is 1. The summed E-state index contributed by atoms with van der Waals surface area (Å²) in [5.74, 6) is 0. The molecule has 0 radical (unpaired) electrons. The fourth-order valence-corrected chi connectivity index (χ4v) is 10.4. The molecule has 10 aromatic carbocycles. The molecule has 12 aromatic rings. The molecule has 0 aliphatic carbocycles. The molecular formula is C58H38N2S. The number of hydrogen-bond acceptors (Lipinski definition) is 2. The third kappa shape index (κ3) is 6.09. The number of benzene rings is 10. The molecule has 0 aliphatic rings. The Kier molecular flexibility index (Phi) is 8.39. The molecule has 0 unspecified atom stereocenters. The van der Waals surface area contributed by atoms with E-state index in [9.17, 15) is 0 Å². The van der Waals surface area contributed by atoms with Crippen molar-refractivity contribution < 1.29 is 0 Å². The van der Waals surface area contributed by atoms with Gasteiger partial charge in [-0.05, 0) is 117 Å². The van der Waals surface area contributed by atoms with Crippen molar-refractivity contribution in [3.8, 4) is 39.1 Å². The van der Waals surface area contributed by atoms with Crippen LogP contribution in [0, 0.1) is 0 Å². The van der Waals surface area contributed by atoms with Crippen molar-refractivity contribution in [3.05, 3.63) is 231 Å². The molecule has 286 valence electrons. The minimum atomic E-state index is 1.10. The number of para-hydroxylation sites is 2. The molecule has 0 aliphatic heterocycles. The first-order chi connectivity index (χ1) is 30.2. The molecule has 0 fully saturated rings. The van der Waals surface area contributed by atoms with Gasteiger partial charge >= 0.3 is 0 Å². The van der Waals surface area contributed by atoms with E-state index in [0.29, 0.717) is 0 Å². The number of anilines is 3. The Balaban J connectivity index is 0.932. The highest BCUT2D eigenvalue weighted by Crippen LogP contribution is 2.46. The molecule has 0 amide bonds. The molecule has 12 rings (SSSR count). The number of fused-ring (bicyclic) bond motifs is 7. The van der Waals surface area contributed by atoms with Crippen LogP contribution in [0.25, 0.3) is 91.8 Å². The predicted molar refractivity (Wildman–Crippen MR) is 262 cm³/mol. The lowest BCUT2D eigenvalue weighted by Crippen LogP contribution is -2.11. The number of thiophene rings is 1. The van der Waals surface area contributed by atoms with Crippen LogP contribution in [0.3, 0.4) is 0 Å². The highest BCUT2D eigenvalue weighted by molar-refractivity contribution is 7.26. The average Bonchev–Trinajstić information content (AvgIpc) is 3.88.